The van der Waals surface area contributed by atoms with Gasteiger partial charge in [-0.15, -0.1) is 0 Å². The highest BCUT2D eigenvalue weighted by Gasteiger charge is 2.24. The predicted molar refractivity (Wildman–Crippen MR) is 107 cm³/mol. The summed E-state index contributed by atoms with van der Waals surface area (Å²) >= 11 is 0. The summed E-state index contributed by atoms with van der Waals surface area (Å²) in [5, 5.41) is 0. The summed E-state index contributed by atoms with van der Waals surface area (Å²) in [4.78, 5) is 17.1. The van der Waals surface area contributed by atoms with Gasteiger partial charge in [0, 0.05) is 39.1 Å². The third-order valence-corrected chi connectivity index (χ3v) is 5.85. The van der Waals surface area contributed by atoms with E-state index < -0.39 is 0 Å². The average molecular weight is 375 g/mol. The van der Waals surface area contributed by atoms with Crippen LogP contribution in [0.2, 0.25) is 0 Å². The molecule has 2 aliphatic heterocycles. The molecule has 2 aliphatic rings. The zero-order valence-electron chi connectivity index (χ0n) is 16.7. The van der Waals surface area contributed by atoms with Crippen LogP contribution in [0.5, 0.6) is 5.75 Å². The number of hydrogen-bond acceptors (Lipinski definition) is 4. The molecule has 1 aromatic rings. The zero-order valence-corrected chi connectivity index (χ0v) is 16.7. The van der Waals surface area contributed by atoms with Crippen LogP contribution in [0.3, 0.4) is 0 Å². The summed E-state index contributed by atoms with van der Waals surface area (Å²) < 4.78 is 10.6. The number of benzene rings is 1. The summed E-state index contributed by atoms with van der Waals surface area (Å²) in [6.07, 6.45) is 6.04. The lowest BCUT2D eigenvalue weighted by atomic mass is 9.95. The van der Waals surface area contributed by atoms with E-state index in [2.05, 4.69) is 21.9 Å². The van der Waals surface area contributed by atoms with Gasteiger partial charge in [-0.05, 0) is 55.7 Å². The molecule has 0 atom stereocenters. The topological polar surface area (TPSA) is 42.0 Å². The first-order chi connectivity index (χ1) is 13.2. The molecule has 0 aliphatic carbocycles. The van der Waals surface area contributed by atoms with Crippen LogP contribution in [0.4, 0.5) is 0 Å². The fraction of sp³-hybridized carbons (Fsp3) is 0.682. The second-order valence-electron chi connectivity index (χ2n) is 7.79. The molecule has 5 nitrogen and oxygen atoms in total. The molecule has 0 bridgehead atoms. The number of aryl methyl sites for hydroxylation is 1. The summed E-state index contributed by atoms with van der Waals surface area (Å²) in [5.74, 6) is 1.97. The SMILES string of the molecule is COc1ccc(CCCCC(=O)N2CCC(CN3CCOCC3)CC2)cc1. The van der Waals surface area contributed by atoms with Gasteiger partial charge >= 0.3 is 0 Å². The smallest absolute Gasteiger partial charge is 0.222 e. The average Bonchev–Trinajstić information content (AvgIpc) is 2.73. The number of methoxy groups -OCH3 is 1. The Balaban J connectivity index is 1.28. The first-order valence-electron chi connectivity index (χ1n) is 10.5. The molecule has 5 heteroatoms. The van der Waals surface area contributed by atoms with Gasteiger partial charge in [0.05, 0.1) is 20.3 Å². The van der Waals surface area contributed by atoms with Crippen LogP contribution in [-0.2, 0) is 16.0 Å². The molecule has 0 saturated carbocycles. The van der Waals surface area contributed by atoms with Gasteiger partial charge < -0.3 is 14.4 Å². The zero-order chi connectivity index (χ0) is 18.9. The Morgan fingerprint density at radius 2 is 1.78 bits per heavy atom. The van der Waals surface area contributed by atoms with Crippen LogP contribution in [0, 0.1) is 5.92 Å². The Kier molecular flexibility index (Phi) is 7.96. The molecule has 3 rings (SSSR count). The summed E-state index contributed by atoms with van der Waals surface area (Å²) in [7, 11) is 1.69. The van der Waals surface area contributed by atoms with Crippen LogP contribution in [0.25, 0.3) is 0 Å². The highest BCUT2D eigenvalue weighted by atomic mass is 16.5. The molecular formula is C22H34N2O3. The van der Waals surface area contributed by atoms with Crippen molar-refractivity contribution in [2.45, 2.75) is 38.5 Å². The van der Waals surface area contributed by atoms with E-state index in [1.165, 1.54) is 12.1 Å². The number of nitrogens with zero attached hydrogens (tertiary/aromatic N) is 2. The summed E-state index contributed by atoms with van der Waals surface area (Å²) in [6.45, 7) is 6.91. The van der Waals surface area contributed by atoms with Gasteiger partial charge in [0.1, 0.15) is 5.75 Å². The Labute approximate surface area is 163 Å². The fourth-order valence-electron chi connectivity index (χ4n) is 4.07. The Hall–Kier alpha value is -1.59. The Morgan fingerprint density at radius 3 is 2.44 bits per heavy atom. The fourth-order valence-corrected chi connectivity index (χ4v) is 4.07. The maximum atomic E-state index is 12.5. The number of piperidine rings is 1. The molecule has 0 spiro atoms. The number of likely N-dealkylation sites (tertiary alicyclic amines) is 1. The largest absolute Gasteiger partial charge is 0.497 e. The van der Waals surface area contributed by atoms with Crippen molar-refractivity contribution in [3.8, 4) is 5.75 Å². The third kappa shape index (κ3) is 6.51. The Bertz CT molecular complexity index is 561. The summed E-state index contributed by atoms with van der Waals surface area (Å²) in [6, 6.07) is 8.23. The van der Waals surface area contributed by atoms with Gasteiger partial charge in [0.15, 0.2) is 0 Å². The van der Waals surface area contributed by atoms with E-state index in [-0.39, 0.29) is 0 Å². The van der Waals surface area contributed by atoms with Crippen LogP contribution >= 0.6 is 0 Å². The number of carbonyl (C=O) groups excluding carboxylic acids is 1. The van der Waals surface area contributed by atoms with Crippen molar-refractivity contribution in [1.82, 2.24) is 9.80 Å². The van der Waals surface area contributed by atoms with Crippen molar-refractivity contribution in [3.63, 3.8) is 0 Å². The molecule has 150 valence electrons. The van der Waals surface area contributed by atoms with Gasteiger partial charge in [-0.25, -0.2) is 0 Å². The molecule has 2 fully saturated rings. The van der Waals surface area contributed by atoms with Crippen molar-refractivity contribution in [2.24, 2.45) is 5.92 Å². The van der Waals surface area contributed by atoms with E-state index in [0.717, 1.165) is 83.2 Å². The molecule has 0 N–H and O–H groups in total. The van der Waals surface area contributed by atoms with E-state index >= 15 is 0 Å². The van der Waals surface area contributed by atoms with Crippen LogP contribution < -0.4 is 4.74 Å². The van der Waals surface area contributed by atoms with Gasteiger partial charge in [-0.2, -0.15) is 0 Å². The lowest BCUT2D eigenvalue weighted by molar-refractivity contribution is -0.132. The monoisotopic (exact) mass is 374 g/mol. The molecule has 1 aromatic carbocycles. The lowest BCUT2D eigenvalue weighted by Gasteiger charge is -2.36. The molecule has 0 unspecified atom stereocenters. The molecule has 27 heavy (non-hydrogen) atoms. The van der Waals surface area contributed by atoms with Crippen molar-refractivity contribution in [2.75, 3.05) is 53.0 Å². The van der Waals surface area contributed by atoms with Gasteiger partial charge in [-0.1, -0.05) is 12.1 Å². The van der Waals surface area contributed by atoms with Gasteiger partial charge in [-0.3, -0.25) is 9.69 Å². The van der Waals surface area contributed by atoms with Gasteiger partial charge in [0.2, 0.25) is 5.91 Å². The Morgan fingerprint density at radius 1 is 1.07 bits per heavy atom. The first kappa shape index (κ1) is 20.2. The van der Waals surface area contributed by atoms with Gasteiger partial charge in [0.25, 0.3) is 0 Å². The van der Waals surface area contributed by atoms with E-state index in [1.54, 1.807) is 7.11 Å². The molecule has 0 radical (unpaired) electrons. The molecule has 2 heterocycles. The minimum atomic E-state index is 0.342. The second kappa shape index (κ2) is 10.7. The first-order valence-corrected chi connectivity index (χ1v) is 10.5. The number of rotatable bonds is 8. The highest BCUT2D eigenvalue weighted by Crippen LogP contribution is 2.20. The minimum Gasteiger partial charge on any atom is -0.497 e. The number of carbonyl (C=O) groups is 1. The maximum Gasteiger partial charge on any atom is 0.222 e. The minimum absolute atomic E-state index is 0.342. The molecule has 2 saturated heterocycles. The normalized spacial score (nSPS) is 19.2. The molecule has 0 aromatic heterocycles. The number of morpholine rings is 1. The quantitative estimate of drug-likeness (QED) is 0.656. The predicted octanol–water partition coefficient (Wildman–Crippen LogP) is 2.98. The van der Waals surface area contributed by atoms with Crippen LogP contribution in [0.15, 0.2) is 24.3 Å². The van der Waals surface area contributed by atoms with Crippen molar-refractivity contribution in [1.29, 1.82) is 0 Å². The van der Waals surface area contributed by atoms with E-state index in [1.807, 2.05) is 12.1 Å². The third-order valence-electron chi connectivity index (χ3n) is 5.85. The number of ether oxygens (including phenoxy) is 2. The van der Waals surface area contributed by atoms with Crippen LogP contribution in [-0.4, -0.2) is 68.8 Å². The lowest BCUT2D eigenvalue weighted by Crippen LogP contribution is -2.44. The molecular weight excluding hydrogens is 340 g/mol. The summed E-state index contributed by atoms with van der Waals surface area (Å²) in [5.41, 5.74) is 1.31. The number of unbranched alkanes of at least 4 members (excludes halogenated alkanes) is 1. The van der Waals surface area contributed by atoms with Crippen LogP contribution in [0.1, 0.15) is 37.7 Å². The van der Waals surface area contributed by atoms with E-state index in [0.29, 0.717) is 12.3 Å². The second-order valence-corrected chi connectivity index (χ2v) is 7.79. The number of amides is 1. The van der Waals surface area contributed by atoms with E-state index in [4.69, 9.17) is 9.47 Å². The van der Waals surface area contributed by atoms with Crippen molar-refractivity contribution < 1.29 is 14.3 Å². The van der Waals surface area contributed by atoms with Crippen molar-refractivity contribution >= 4 is 5.91 Å². The molecule has 1 amide bonds. The number of hydrogen-bond donors (Lipinski definition) is 0. The van der Waals surface area contributed by atoms with Crippen molar-refractivity contribution in [3.05, 3.63) is 29.8 Å². The standard InChI is InChI=1S/C22H34N2O3/c1-26-21-8-6-19(7-9-21)4-2-3-5-22(25)24-12-10-20(11-13-24)18-23-14-16-27-17-15-23/h6-9,20H,2-5,10-18H2,1H3. The highest BCUT2D eigenvalue weighted by molar-refractivity contribution is 5.76. The van der Waals surface area contributed by atoms with E-state index in [9.17, 15) is 4.79 Å². The maximum absolute atomic E-state index is 12.5.